The molecule has 0 spiro atoms. The maximum Gasteiger partial charge on any atom is 0.00427 e. The van der Waals surface area contributed by atoms with Gasteiger partial charge in [-0.05, 0) is 25.8 Å². The van der Waals surface area contributed by atoms with Crippen molar-refractivity contribution >= 4 is 0 Å². The second-order valence-corrected chi connectivity index (χ2v) is 4.45. The van der Waals surface area contributed by atoms with E-state index in [0.717, 1.165) is 0 Å². The second-order valence-electron chi connectivity index (χ2n) is 4.45. The molecule has 0 aliphatic rings. The van der Waals surface area contributed by atoms with Crippen molar-refractivity contribution in [3.8, 4) is 0 Å². The summed E-state index contributed by atoms with van der Waals surface area (Å²) in [5.74, 6) is 0.547. The van der Waals surface area contributed by atoms with Crippen LogP contribution in [0.2, 0.25) is 0 Å². The first-order valence-electron chi connectivity index (χ1n) is 5.87. The Bertz CT molecular complexity index is 305. The van der Waals surface area contributed by atoms with Crippen LogP contribution in [0.3, 0.4) is 0 Å². The molecule has 1 aromatic rings. The molecule has 82 valence electrons. The van der Waals surface area contributed by atoms with Gasteiger partial charge in [-0.1, -0.05) is 61.7 Å². The maximum absolute atomic E-state index is 4.11. The number of unbranched alkanes of at least 4 members (excludes halogenated alkanes) is 1. The smallest absolute Gasteiger partial charge is 0.00427 e. The molecule has 0 aromatic heterocycles. The molecule has 1 unspecified atom stereocenters. The van der Waals surface area contributed by atoms with Crippen molar-refractivity contribution in [1.29, 1.82) is 0 Å². The Morgan fingerprint density at radius 2 is 1.87 bits per heavy atom. The minimum absolute atomic E-state index is 0.547. The van der Waals surface area contributed by atoms with Gasteiger partial charge in [0.2, 0.25) is 0 Å². The summed E-state index contributed by atoms with van der Waals surface area (Å²) >= 11 is 0. The lowest BCUT2D eigenvalue weighted by Gasteiger charge is -2.17. The van der Waals surface area contributed by atoms with E-state index in [-0.39, 0.29) is 0 Å². The molecule has 0 N–H and O–H groups in total. The van der Waals surface area contributed by atoms with E-state index in [2.05, 4.69) is 51.6 Å². The summed E-state index contributed by atoms with van der Waals surface area (Å²) in [7, 11) is 0. The van der Waals surface area contributed by atoms with Gasteiger partial charge < -0.3 is 0 Å². The van der Waals surface area contributed by atoms with Crippen molar-refractivity contribution in [2.24, 2.45) is 0 Å². The number of rotatable bonds is 5. The highest BCUT2D eigenvalue weighted by Crippen LogP contribution is 2.28. The van der Waals surface area contributed by atoms with Crippen LogP contribution in [0.4, 0.5) is 0 Å². The van der Waals surface area contributed by atoms with E-state index in [1.165, 1.54) is 36.0 Å². The molecule has 1 atom stereocenters. The predicted octanol–water partition coefficient (Wildman–Crippen LogP) is 4.84. The fourth-order valence-corrected chi connectivity index (χ4v) is 1.90. The predicted molar refractivity (Wildman–Crippen MR) is 68.3 cm³/mol. The molecule has 0 fully saturated rings. The Balaban J connectivity index is 2.79. The number of hydrogen-bond acceptors (Lipinski definition) is 0. The Morgan fingerprint density at radius 3 is 2.33 bits per heavy atom. The van der Waals surface area contributed by atoms with Crippen LogP contribution in [0.25, 0.3) is 0 Å². The van der Waals surface area contributed by atoms with Gasteiger partial charge in [0.1, 0.15) is 0 Å². The Hall–Kier alpha value is -1.04. The highest BCUT2D eigenvalue weighted by Gasteiger charge is 2.10. The van der Waals surface area contributed by atoms with Gasteiger partial charge in [0.25, 0.3) is 0 Å². The second kappa shape index (κ2) is 5.75. The summed E-state index contributed by atoms with van der Waals surface area (Å²) < 4.78 is 0. The number of aryl methyl sites for hydroxylation is 1. The molecule has 0 heteroatoms. The molecule has 0 bridgehead atoms. The summed E-state index contributed by atoms with van der Waals surface area (Å²) in [5.41, 5.74) is 4.03. The quantitative estimate of drug-likeness (QED) is 0.599. The monoisotopic (exact) mass is 202 g/mol. The third-order valence-electron chi connectivity index (χ3n) is 2.92. The fraction of sp³-hybridized carbons (Fsp3) is 0.467. The highest BCUT2D eigenvalue weighted by atomic mass is 14.2. The molecule has 0 saturated carbocycles. The van der Waals surface area contributed by atoms with Crippen LogP contribution >= 0.6 is 0 Å². The lowest BCUT2D eigenvalue weighted by atomic mass is 9.88. The van der Waals surface area contributed by atoms with E-state index in [1.54, 1.807) is 0 Å². The zero-order valence-electron chi connectivity index (χ0n) is 10.2. The molecular formula is C15H22. The van der Waals surface area contributed by atoms with Crippen molar-refractivity contribution in [3.05, 3.63) is 47.5 Å². The molecule has 0 aliphatic heterocycles. The maximum atomic E-state index is 4.11. The molecule has 0 heterocycles. The van der Waals surface area contributed by atoms with E-state index in [4.69, 9.17) is 0 Å². The molecule has 0 radical (unpaired) electrons. The average Bonchev–Trinajstić information content (AvgIpc) is 2.21. The largest absolute Gasteiger partial charge is 0.0995 e. The van der Waals surface area contributed by atoms with Crippen LogP contribution in [0.1, 0.15) is 50.2 Å². The van der Waals surface area contributed by atoms with Crippen LogP contribution in [-0.2, 0) is 0 Å². The molecule has 15 heavy (non-hydrogen) atoms. The fourth-order valence-electron chi connectivity index (χ4n) is 1.90. The summed E-state index contributed by atoms with van der Waals surface area (Å²) in [6.07, 6.45) is 3.77. The number of hydrogen-bond donors (Lipinski definition) is 0. The first kappa shape index (κ1) is 12.0. The van der Waals surface area contributed by atoms with Crippen LogP contribution in [-0.4, -0.2) is 0 Å². The third-order valence-corrected chi connectivity index (χ3v) is 2.92. The van der Waals surface area contributed by atoms with Gasteiger partial charge >= 0.3 is 0 Å². The SMILES string of the molecule is C=C(C)C(CCCC)c1ccc(C)cc1. The summed E-state index contributed by atoms with van der Waals surface area (Å²) in [6, 6.07) is 8.86. The van der Waals surface area contributed by atoms with Crippen LogP contribution < -0.4 is 0 Å². The molecule has 0 saturated heterocycles. The summed E-state index contributed by atoms with van der Waals surface area (Å²) in [4.78, 5) is 0. The molecule has 1 rings (SSSR count). The van der Waals surface area contributed by atoms with Crippen molar-refractivity contribution in [3.63, 3.8) is 0 Å². The lowest BCUT2D eigenvalue weighted by molar-refractivity contribution is 0.643. The zero-order valence-corrected chi connectivity index (χ0v) is 10.2. The van der Waals surface area contributed by atoms with Crippen molar-refractivity contribution in [1.82, 2.24) is 0 Å². The lowest BCUT2D eigenvalue weighted by Crippen LogP contribution is -1.99. The summed E-state index contributed by atoms with van der Waals surface area (Å²) in [5, 5.41) is 0. The normalized spacial score (nSPS) is 12.5. The first-order chi connectivity index (χ1) is 7.15. The Kier molecular flexibility index (Phi) is 4.61. The van der Waals surface area contributed by atoms with Crippen LogP contribution in [0.15, 0.2) is 36.4 Å². The van der Waals surface area contributed by atoms with Crippen molar-refractivity contribution in [2.75, 3.05) is 0 Å². The Labute approximate surface area is 94.0 Å². The van der Waals surface area contributed by atoms with E-state index < -0.39 is 0 Å². The van der Waals surface area contributed by atoms with Crippen molar-refractivity contribution in [2.45, 2.75) is 46.0 Å². The van der Waals surface area contributed by atoms with Crippen LogP contribution in [0, 0.1) is 6.92 Å². The molecule has 0 amide bonds. The number of allylic oxidation sites excluding steroid dienone is 1. The van der Waals surface area contributed by atoms with Gasteiger partial charge in [-0.3, -0.25) is 0 Å². The van der Waals surface area contributed by atoms with E-state index in [1.807, 2.05) is 0 Å². The molecule has 1 aromatic carbocycles. The minimum atomic E-state index is 0.547. The molecular weight excluding hydrogens is 180 g/mol. The molecule has 0 nitrogen and oxygen atoms in total. The first-order valence-corrected chi connectivity index (χ1v) is 5.87. The topological polar surface area (TPSA) is 0 Å². The standard InChI is InChI=1S/C15H22/c1-5-6-7-15(12(2)3)14-10-8-13(4)9-11-14/h8-11,15H,2,5-7H2,1,3-4H3. The van der Waals surface area contributed by atoms with E-state index in [0.29, 0.717) is 5.92 Å². The van der Waals surface area contributed by atoms with Gasteiger partial charge in [0.05, 0.1) is 0 Å². The van der Waals surface area contributed by atoms with Crippen LogP contribution in [0.5, 0.6) is 0 Å². The van der Waals surface area contributed by atoms with Gasteiger partial charge in [-0.15, -0.1) is 0 Å². The van der Waals surface area contributed by atoms with E-state index >= 15 is 0 Å². The van der Waals surface area contributed by atoms with E-state index in [9.17, 15) is 0 Å². The van der Waals surface area contributed by atoms with Gasteiger partial charge in [-0.2, -0.15) is 0 Å². The minimum Gasteiger partial charge on any atom is -0.0995 e. The molecule has 0 aliphatic carbocycles. The third kappa shape index (κ3) is 3.54. The zero-order chi connectivity index (χ0) is 11.3. The van der Waals surface area contributed by atoms with Gasteiger partial charge in [0.15, 0.2) is 0 Å². The number of benzene rings is 1. The Morgan fingerprint density at radius 1 is 1.27 bits per heavy atom. The van der Waals surface area contributed by atoms with Gasteiger partial charge in [-0.25, -0.2) is 0 Å². The highest BCUT2D eigenvalue weighted by molar-refractivity contribution is 5.29. The van der Waals surface area contributed by atoms with Gasteiger partial charge in [0, 0.05) is 5.92 Å². The average molecular weight is 202 g/mol. The summed E-state index contributed by atoms with van der Waals surface area (Å²) in [6.45, 7) is 10.6. The van der Waals surface area contributed by atoms with Crippen molar-refractivity contribution < 1.29 is 0 Å².